The monoisotopic (exact) mass is 518 g/mol. The Morgan fingerprint density at radius 3 is 2.43 bits per heavy atom. The lowest BCUT2D eigenvalue weighted by Gasteiger charge is -2.36. The number of hydrogen-bond acceptors (Lipinski definition) is 7. The fourth-order valence-electron chi connectivity index (χ4n) is 4.38. The molecule has 2 fully saturated rings. The third kappa shape index (κ3) is 5.63. The van der Waals surface area contributed by atoms with Crippen molar-refractivity contribution >= 4 is 40.7 Å². The van der Waals surface area contributed by atoms with Crippen molar-refractivity contribution in [3.8, 4) is 6.07 Å². The topological polar surface area (TPSA) is 103 Å². The third-order valence-electron chi connectivity index (χ3n) is 6.35. The number of aromatic nitrogens is 2. The number of carbonyl (C=O) groups is 2. The maximum Gasteiger partial charge on any atom is 0.320 e. The molecule has 188 valence electrons. The summed E-state index contributed by atoms with van der Waals surface area (Å²) >= 11 is 7.51. The summed E-state index contributed by atoms with van der Waals surface area (Å²) in [7, 11) is 0. The number of morpholine rings is 1. The number of anilines is 1. The molecule has 2 aliphatic rings. The normalized spacial score (nSPS) is 17.3. The Morgan fingerprint density at radius 1 is 1.20 bits per heavy atom. The van der Waals surface area contributed by atoms with Gasteiger partial charge in [0.2, 0.25) is 0 Å². The maximum atomic E-state index is 13.2. The Bertz CT molecular complexity index is 1120. The van der Waals surface area contributed by atoms with Crippen molar-refractivity contribution in [3.05, 3.63) is 32.6 Å². The molecule has 0 unspecified atom stereocenters. The number of piperidine rings is 1. The fraction of sp³-hybridized carbons (Fsp3) is 0.583. The summed E-state index contributed by atoms with van der Waals surface area (Å²) in [5, 5.41) is 18.0. The minimum Gasteiger partial charge on any atom is -0.378 e. The van der Waals surface area contributed by atoms with Crippen LogP contribution in [0.5, 0.6) is 0 Å². The number of urea groups is 1. The van der Waals surface area contributed by atoms with Crippen LogP contribution in [0, 0.1) is 16.7 Å². The Morgan fingerprint density at radius 2 is 1.86 bits per heavy atom. The van der Waals surface area contributed by atoms with Gasteiger partial charge < -0.3 is 19.9 Å². The van der Waals surface area contributed by atoms with Crippen molar-refractivity contribution in [2.75, 3.05) is 44.7 Å². The molecule has 0 saturated carbocycles. The van der Waals surface area contributed by atoms with Gasteiger partial charge in [0, 0.05) is 42.4 Å². The standard InChI is InChI=1S/C24H31ClN6O3S/c1-24(2,3)22(32)31-21(27-15-17-4-5-19(25)35-17)18(14-26)20(28-31)16-6-8-29(9-7-16)23(33)30-10-12-34-13-11-30/h4-5,16,27H,6-13,15H2,1-3H3. The molecule has 0 spiro atoms. The number of amides is 2. The minimum atomic E-state index is -0.674. The van der Waals surface area contributed by atoms with Gasteiger partial charge in [-0.2, -0.15) is 15.0 Å². The number of carbonyl (C=O) groups excluding carboxylic acids is 2. The molecular formula is C24H31ClN6O3S. The predicted molar refractivity (Wildman–Crippen MR) is 135 cm³/mol. The molecule has 0 aliphatic carbocycles. The lowest BCUT2D eigenvalue weighted by atomic mass is 9.91. The molecule has 0 atom stereocenters. The SMILES string of the molecule is CC(C)(C)C(=O)n1nc(C2CCN(C(=O)N3CCOCC3)CC2)c(C#N)c1NCc1ccc(Cl)s1. The van der Waals surface area contributed by atoms with Gasteiger partial charge in [0.1, 0.15) is 11.6 Å². The summed E-state index contributed by atoms with van der Waals surface area (Å²) in [5.41, 5.74) is 0.339. The van der Waals surface area contributed by atoms with Gasteiger partial charge in [0.25, 0.3) is 5.91 Å². The summed E-state index contributed by atoms with van der Waals surface area (Å²) in [6, 6.07) is 6.07. The van der Waals surface area contributed by atoms with Crippen molar-refractivity contribution < 1.29 is 14.3 Å². The first kappa shape index (κ1) is 25.5. The number of rotatable bonds is 4. The number of likely N-dealkylation sites (tertiary alicyclic amines) is 1. The van der Waals surface area contributed by atoms with E-state index in [1.54, 1.807) is 0 Å². The van der Waals surface area contributed by atoms with E-state index in [2.05, 4.69) is 16.5 Å². The average molecular weight is 519 g/mol. The third-order valence-corrected chi connectivity index (χ3v) is 7.58. The largest absolute Gasteiger partial charge is 0.378 e. The van der Waals surface area contributed by atoms with Crippen LogP contribution in [0.4, 0.5) is 10.6 Å². The van der Waals surface area contributed by atoms with Gasteiger partial charge in [0.15, 0.2) is 5.82 Å². The van der Waals surface area contributed by atoms with Gasteiger partial charge >= 0.3 is 6.03 Å². The van der Waals surface area contributed by atoms with Crippen LogP contribution in [0.1, 0.15) is 60.5 Å². The number of nitrogens with one attached hydrogen (secondary N) is 1. The number of nitrogens with zero attached hydrogens (tertiary/aromatic N) is 5. The van der Waals surface area contributed by atoms with Gasteiger partial charge in [-0.05, 0) is 25.0 Å². The molecule has 35 heavy (non-hydrogen) atoms. The Hall–Kier alpha value is -2.61. The van der Waals surface area contributed by atoms with Crippen molar-refractivity contribution in [3.63, 3.8) is 0 Å². The highest BCUT2D eigenvalue weighted by Crippen LogP contribution is 2.35. The molecule has 4 heterocycles. The smallest absolute Gasteiger partial charge is 0.320 e. The first-order chi connectivity index (χ1) is 16.7. The van der Waals surface area contributed by atoms with Gasteiger partial charge in [-0.1, -0.05) is 32.4 Å². The summed E-state index contributed by atoms with van der Waals surface area (Å²) < 4.78 is 7.39. The Balaban J connectivity index is 1.55. The van der Waals surface area contributed by atoms with Gasteiger partial charge in [-0.25, -0.2) is 4.79 Å². The first-order valence-corrected chi connectivity index (χ1v) is 13.1. The van der Waals surface area contributed by atoms with Crippen LogP contribution in [-0.2, 0) is 11.3 Å². The zero-order valence-electron chi connectivity index (χ0n) is 20.3. The molecular weight excluding hydrogens is 488 g/mol. The number of thiophene rings is 1. The zero-order chi connectivity index (χ0) is 25.2. The lowest BCUT2D eigenvalue weighted by Crippen LogP contribution is -2.50. The van der Waals surface area contributed by atoms with E-state index in [9.17, 15) is 14.9 Å². The van der Waals surface area contributed by atoms with Crippen LogP contribution in [0.2, 0.25) is 4.34 Å². The second kappa shape index (κ2) is 10.6. The molecule has 2 amide bonds. The molecule has 2 aliphatic heterocycles. The Labute approximate surface area is 214 Å². The molecule has 2 saturated heterocycles. The first-order valence-electron chi connectivity index (χ1n) is 11.9. The van der Waals surface area contributed by atoms with Crippen molar-refractivity contribution in [1.29, 1.82) is 5.26 Å². The van der Waals surface area contributed by atoms with Crippen LogP contribution in [0.3, 0.4) is 0 Å². The molecule has 9 nitrogen and oxygen atoms in total. The minimum absolute atomic E-state index is 0.0101. The van der Waals surface area contributed by atoms with E-state index in [1.165, 1.54) is 16.0 Å². The fourth-order valence-corrected chi connectivity index (χ4v) is 5.40. The van der Waals surface area contributed by atoms with Crippen molar-refractivity contribution in [2.24, 2.45) is 5.41 Å². The maximum absolute atomic E-state index is 13.2. The van der Waals surface area contributed by atoms with Crippen LogP contribution in [-0.4, -0.2) is 70.9 Å². The van der Waals surface area contributed by atoms with Crippen LogP contribution < -0.4 is 5.32 Å². The molecule has 0 radical (unpaired) electrons. The summed E-state index contributed by atoms with van der Waals surface area (Å²) in [6.07, 6.45) is 1.37. The molecule has 11 heteroatoms. The Kier molecular flexibility index (Phi) is 7.69. The van der Waals surface area contributed by atoms with E-state index >= 15 is 0 Å². The quantitative estimate of drug-likeness (QED) is 0.643. The van der Waals surface area contributed by atoms with E-state index in [1.807, 2.05) is 42.7 Å². The van der Waals surface area contributed by atoms with Crippen LogP contribution >= 0.6 is 22.9 Å². The van der Waals surface area contributed by atoms with E-state index in [0.29, 0.717) is 80.2 Å². The highest BCUT2D eigenvalue weighted by molar-refractivity contribution is 7.16. The molecule has 0 bridgehead atoms. The van der Waals surface area contributed by atoms with Gasteiger partial charge in [0.05, 0.1) is 29.8 Å². The second-order valence-corrected chi connectivity index (χ2v) is 11.7. The average Bonchev–Trinajstić information content (AvgIpc) is 3.44. The number of ether oxygens (including phenoxy) is 1. The molecule has 2 aromatic heterocycles. The molecule has 0 aromatic carbocycles. The summed E-state index contributed by atoms with van der Waals surface area (Å²) in [6.45, 7) is 9.47. The summed E-state index contributed by atoms with van der Waals surface area (Å²) in [5.74, 6) is 0.217. The molecule has 1 N–H and O–H groups in total. The molecule has 4 rings (SSSR count). The number of halogens is 1. The molecule has 2 aromatic rings. The predicted octanol–water partition coefficient (Wildman–Crippen LogP) is 4.40. The lowest BCUT2D eigenvalue weighted by molar-refractivity contribution is 0.0411. The van der Waals surface area contributed by atoms with Crippen molar-refractivity contribution in [1.82, 2.24) is 19.6 Å². The van der Waals surface area contributed by atoms with Crippen LogP contribution in [0.25, 0.3) is 0 Å². The van der Waals surface area contributed by atoms with E-state index < -0.39 is 5.41 Å². The highest BCUT2D eigenvalue weighted by Gasteiger charge is 2.34. The number of nitriles is 1. The van der Waals surface area contributed by atoms with E-state index in [-0.39, 0.29) is 17.9 Å². The second-order valence-electron chi connectivity index (χ2n) is 9.89. The van der Waals surface area contributed by atoms with Crippen LogP contribution in [0.15, 0.2) is 12.1 Å². The van der Waals surface area contributed by atoms with E-state index in [0.717, 1.165) is 4.88 Å². The summed E-state index contributed by atoms with van der Waals surface area (Å²) in [4.78, 5) is 30.8. The zero-order valence-corrected chi connectivity index (χ0v) is 21.9. The van der Waals surface area contributed by atoms with Gasteiger partial charge in [-0.3, -0.25) is 4.79 Å². The number of hydrogen-bond donors (Lipinski definition) is 1. The van der Waals surface area contributed by atoms with Crippen molar-refractivity contribution in [2.45, 2.75) is 46.1 Å². The van der Waals surface area contributed by atoms with Gasteiger partial charge in [-0.15, -0.1) is 11.3 Å². The highest BCUT2D eigenvalue weighted by atomic mass is 35.5. The van der Waals surface area contributed by atoms with E-state index in [4.69, 9.17) is 16.3 Å².